The van der Waals surface area contributed by atoms with Crippen LogP contribution in [0.3, 0.4) is 0 Å². The fraction of sp³-hybridized carbons (Fsp3) is 0.581. The predicted molar refractivity (Wildman–Crippen MR) is 144 cm³/mol. The fourth-order valence-corrected chi connectivity index (χ4v) is 9.99. The van der Waals surface area contributed by atoms with E-state index in [0.717, 1.165) is 11.3 Å². The Bertz CT molecular complexity index is 924. The minimum atomic E-state index is 0. The largest absolute Gasteiger partial charge is 4.00 e. The van der Waals surface area contributed by atoms with E-state index in [-0.39, 0.29) is 59.9 Å². The van der Waals surface area contributed by atoms with Crippen LogP contribution in [0.4, 0.5) is 0 Å². The van der Waals surface area contributed by atoms with E-state index in [1.807, 2.05) is 0 Å². The number of benzene rings is 1. The van der Waals surface area contributed by atoms with Gasteiger partial charge in [-0.15, -0.1) is 47.3 Å². The van der Waals surface area contributed by atoms with Crippen LogP contribution in [0.5, 0.6) is 0 Å². The Morgan fingerprint density at radius 1 is 0.829 bits per heavy atom. The molecule has 0 nitrogen and oxygen atoms in total. The summed E-state index contributed by atoms with van der Waals surface area (Å²) in [5, 5.41) is 4.67. The van der Waals surface area contributed by atoms with E-state index in [1.54, 1.807) is 5.30 Å². The molecule has 0 heterocycles. The van der Waals surface area contributed by atoms with Crippen LogP contribution in [0, 0.1) is 11.5 Å². The van der Waals surface area contributed by atoms with Gasteiger partial charge < -0.3 is 24.8 Å². The summed E-state index contributed by atoms with van der Waals surface area (Å²) >= 11 is 0. The topological polar surface area (TPSA) is 0 Å². The Morgan fingerprint density at radius 2 is 1.34 bits per heavy atom. The zero-order valence-electron chi connectivity index (χ0n) is 22.4. The molecule has 0 unspecified atom stereocenters. The van der Waals surface area contributed by atoms with Gasteiger partial charge in [-0.25, -0.2) is 5.57 Å². The van der Waals surface area contributed by atoms with E-state index in [1.165, 1.54) is 91.7 Å². The summed E-state index contributed by atoms with van der Waals surface area (Å²) in [5.74, 6) is 0. The molecule has 2 fully saturated rings. The van der Waals surface area contributed by atoms with Crippen molar-refractivity contribution in [1.82, 2.24) is 0 Å². The van der Waals surface area contributed by atoms with Gasteiger partial charge >= 0.3 is 21.7 Å². The van der Waals surface area contributed by atoms with Crippen LogP contribution in [0.1, 0.15) is 98.8 Å². The zero-order valence-corrected chi connectivity index (χ0v) is 26.4. The minimum absolute atomic E-state index is 0. The van der Waals surface area contributed by atoms with E-state index in [2.05, 4.69) is 77.1 Å². The quantitative estimate of drug-likeness (QED) is 0.304. The zero-order chi connectivity index (χ0) is 22.7. The Morgan fingerprint density at radius 3 is 1.74 bits per heavy atom. The van der Waals surface area contributed by atoms with Crippen LogP contribution in [-0.4, -0.2) is 11.3 Å². The van der Waals surface area contributed by atoms with Crippen molar-refractivity contribution in [3.8, 4) is 0 Å². The van der Waals surface area contributed by atoms with Crippen molar-refractivity contribution >= 4 is 24.0 Å². The van der Waals surface area contributed by atoms with Gasteiger partial charge in [0.25, 0.3) is 0 Å². The van der Waals surface area contributed by atoms with E-state index in [0.29, 0.717) is 0 Å². The van der Waals surface area contributed by atoms with Gasteiger partial charge in [-0.1, -0.05) is 85.6 Å². The van der Waals surface area contributed by atoms with E-state index >= 15 is 0 Å². The third-order valence-electron chi connectivity index (χ3n) is 8.40. The van der Waals surface area contributed by atoms with E-state index in [4.69, 9.17) is 0 Å². The predicted octanol–water partition coefficient (Wildman–Crippen LogP) is 3.45. The molecular weight excluding hydrogens is 522 g/mol. The summed E-state index contributed by atoms with van der Waals surface area (Å²) in [4.78, 5) is 0. The number of hydrogen-bond donors (Lipinski definition) is 0. The molecule has 0 spiro atoms. The number of rotatable bonds is 3. The SMILES string of the molecule is CC1=[C-]C(C)(C)C(C)=C1C.[Cl-].[Cl-].[Ti+4].c1ccc2[cH-]c(P(C3CCCCC3)C3CCCCC3)cc2c1. The van der Waals surface area contributed by atoms with Gasteiger partial charge in [0.2, 0.25) is 0 Å². The molecule has 0 saturated heterocycles. The minimum Gasteiger partial charge on any atom is -1.00 e. The second-order valence-corrected chi connectivity index (χ2v) is 13.7. The van der Waals surface area contributed by atoms with Crippen molar-refractivity contribution in [3.63, 3.8) is 0 Å². The molecule has 0 amide bonds. The molecule has 4 heteroatoms. The Balaban J connectivity index is 0.000000407. The summed E-state index contributed by atoms with van der Waals surface area (Å²) in [6.07, 6.45) is 18.3. The Labute approximate surface area is 244 Å². The van der Waals surface area contributed by atoms with Gasteiger partial charge in [-0.05, 0) is 37.0 Å². The van der Waals surface area contributed by atoms with Crippen molar-refractivity contribution in [2.75, 3.05) is 0 Å². The molecule has 190 valence electrons. The molecule has 3 aliphatic rings. The van der Waals surface area contributed by atoms with Crippen LogP contribution >= 0.6 is 7.92 Å². The van der Waals surface area contributed by atoms with Gasteiger partial charge in [-0.3, -0.25) is 6.08 Å². The van der Waals surface area contributed by atoms with Crippen molar-refractivity contribution < 1.29 is 46.5 Å². The summed E-state index contributed by atoms with van der Waals surface area (Å²) in [6, 6.07) is 14.1. The molecular formula is C31H43Cl2PTi. The molecule has 0 N–H and O–H groups in total. The molecule has 0 aliphatic heterocycles. The second kappa shape index (κ2) is 14.8. The van der Waals surface area contributed by atoms with Crippen molar-refractivity contribution in [1.29, 1.82) is 0 Å². The summed E-state index contributed by atoms with van der Waals surface area (Å²) in [7, 11) is 0.0611. The van der Waals surface area contributed by atoms with Gasteiger partial charge in [0.1, 0.15) is 0 Å². The second-order valence-electron chi connectivity index (χ2n) is 11.0. The van der Waals surface area contributed by atoms with Gasteiger partial charge in [0.05, 0.1) is 0 Å². The summed E-state index contributed by atoms with van der Waals surface area (Å²) in [5.41, 5.74) is 6.43. The van der Waals surface area contributed by atoms with Gasteiger partial charge in [0.15, 0.2) is 0 Å². The maximum atomic E-state index is 3.44. The van der Waals surface area contributed by atoms with E-state index in [9.17, 15) is 0 Å². The number of allylic oxidation sites excluding steroid dienone is 4. The van der Waals surface area contributed by atoms with Crippen molar-refractivity contribution in [3.05, 3.63) is 59.2 Å². The molecule has 3 aliphatic carbocycles. The third kappa shape index (κ3) is 8.01. The maximum absolute atomic E-state index is 3.44. The van der Waals surface area contributed by atoms with Crippen LogP contribution in [0.25, 0.3) is 10.8 Å². The first-order valence-electron chi connectivity index (χ1n) is 13.1. The molecule has 0 aromatic heterocycles. The molecule has 2 aromatic rings. The molecule has 0 radical (unpaired) electrons. The molecule has 2 saturated carbocycles. The molecule has 2 aromatic carbocycles. The first kappa shape index (κ1) is 33.1. The molecule has 5 rings (SSSR count). The smallest absolute Gasteiger partial charge is 1.00 e. The molecule has 35 heavy (non-hydrogen) atoms. The monoisotopic (exact) mass is 564 g/mol. The molecule has 0 atom stereocenters. The van der Waals surface area contributed by atoms with Crippen LogP contribution < -0.4 is 30.1 Å². The third-order valence-corrected chi connectivity index (χ3v) is 11.9. The maximum Gasteiger partial charge on any atom is 4.00 e. The standard InChI is InChI=1S/C21H28P.C10H15.2ClH.Ti/c1-3-11-19(12-4-1)22(20-13-5-2-6-14-20)21-15-17-9-7-8-10-18(17)16-21;1-7-6-10(4,5)9(3)8(7)2;;;/h7-10,15-16,19-20H,1-6,11-14H2;1-5H3;2*1H;/q2*-1;;;+4/p-2. The number of hydrogen-bond acceptors (Lipinski definition) is 0. The normalized spacial score (nSPS) is 20.3. The first-order chi connectivity index (χ1) is 15.4. The fourth-order valence-electron chi connectivity index (χ4n) is 6.13. The average Bonchev–Trinajstić information content (AvgIpc) is 3.30. The Kier molecular flexibility index (Phi) is 14.0. The van der Waals surface area contributed by atoms with E-state index < -0.39 is 0 Å². The average molecular weight is 565 g/mol. The molecule has 0 bridgehead atoms. The van der Waals surface area contributed by atoms with Crippen molar-refractivity contribution in [2.45, 2.75) is 110 Å². The number of halogens is 2. The van der Waals surface area contributed by atoms with Crippen molar-refractivity contribution in [2.24, 2.45) is 5.41 Å². The Hall–Kier alpha value is 0.0343. The van der Waals surface area contributed by atoms with Gasteiger partial charge in [-0.2, -0.15) is 17.2 Å². The van der Waals surface area contributed by atoms with Crippen LogP contribution in [0.2, 0.25) is 0 Å². The van der Waals surface area contributed by atoms with Crippen LogP contribution in [0.15, 0.2) is 53.1 Å². The summed E-state index contributed by atoms with van der Waals surface area (Å²) in [6.45, 7) is 10.9. The first-order valence-corrected chi connectivity index (χ1v) is 14.6. The van der Waals surface area contributed by atoms with Gasteiger partial charge in [0, 0.05) is 0 Å². The number of fused-ring (bicyclic) bond motifs is 1. The van der Waals surface area contributed by atoms with Crippen LogP contribution in [-0.2, 0) is 21.7 Å². The summed E-state index contributed by atoms with van der Waals surface area (Å²) < 4.78 is 0.